The van der Waals surface area contributed by atoms with Crippen molar-refractivity contribution in [3.8, 4) is 6.19 Å². The van der Waals surface area contributed by atoms with E-state index < -0.39 is 26.9 Å². The van der Waals surface area contributed by atoms with Gasteiger partial charge in [0.1, 0.15) is 5.82 Å². The third-order valence-corrected chi connectivity index (χ3v) is 5.75. The first kappa shape index (κ1) is 25.2. The molecule has 2 N–H and O–H groups in total. The number of nitrogens with zero attached hydrogens (tertiary/aromatic N) is 5. The molecular formula is C18H21BrFN7O4S. The van der Waals surface area contributed by atoms with Crippen LogP contribution in [0, 0.1) is 22.7 Å². The van der Waals surface area contributed by atoms with E-state index in [1.54, 1.807) is 20.8 Å². The molecule has 0 amide bonds. The molecule has 0 aliphatic rings. The van der Waals surface area contributed by atoms with E-state index in [4.69, 9.17) is 14.7 Å². The first-order chi connectivity index (χ1) is 14.9. The lowest BCUT2D eigenvalue weighted by molar-refractivity contribution is -0.157. The van der Waals surface area contributed by atoms with Gasteiger partial charge in [0, 0.05) is 18.6 Å². The number of rotatable bonds is 6. The van der Waals surface area contributed by atoms with Gasteiger partial charge >= 0.3 is 5.97 Å². The number of hydrogen-bond donors (Lipinski definition) is 2. The highest BCUT2D eigenvalue weighted by molar-refractivity contribution is 9.10. The summed E-state index contributed by atoms with van der Waals surface area (Å²) in [4.78, 5) is 21.6. The molecule has 0 saturated carbocycles. The number of hydrogen-bond acceptors (Lipinski definition) is 10. The van der Waals surface area contributed by atoms with Crippen molar-refractivity contribution in [2.45, 2.75) is 20.8 Å². The minimum atomic E-state index is -2.70. The number of aromatic nitrogens is 2. The third kappa shape index (κ3) is 7.27. The van der Waals surface area contributed by atoms with Crippen LogP contribution in [0.25, 0.3) is 0 Å². The topological polar surface area (TPSA) is 155 Å². The second-order valence-corrected chi connectivity index (χ2v) is 10.9. The maximum atomic E-state index is 13.6. The molecule has 1 aromatic carbocycles. The lowest BCUT2D eigenvalue weighted by atomic mass is 9.98. The summed E-state index contributed by atoms with van der Waals surface area (Å²) in [5.41, 5.74) is 2.01. The summed E-state index contributed by atoms with van der Waals surface area (Å²) < 4.78 is 34.0. The highest BCUT2D eigenvalue weighted by Crippen LogP contribution is 2.23. The van der Waals surface area contributed by atoms with Gasteiger partial charge in [0.05, 0.1) is 25.3 Å². The fraction of sp³-hybridized carbons (Fsp3) is 0.389. The number of anilines is 1. The Bertz CT molecular complexity index is 1180. The van der Waals surface area contributed by atoms with Gasteiger partial charge in [0.25, 0.3) is 0 Å². The number of amidine groups is 1. The average molecular weight is 530 g/mol. The molecule has 0 saturated heterocycles. The highest BCUT2D eigenvalue weighted by atomic mass is 79.9. The van der Waals surface area contributed by atoms with Crippen molar-refractivity contribution in [3.05, 3.63) is 34.2 Å². The van der Waals surface area contributed by atoms with E-state index in [9.17, 15) is 13.4 Å². The van der Waals surface area contributed by atoms with Crippen molar-refractivity contribution in [2.24, 2.45) is 14.8 Å². The molecule has 2 rings (SSSR count). The zero-order chi connectivity index (χ0) is 23.9. The minimum Gasteiger partial charge on any atom is -0.364 e. The Morgan fingerprint density at radius 3 is 2.75 bits per heavy atom. The Balaban J connectivity index is 2.33. The Labute approximate surface area is 192 Å². The number of nitrogens with one attached hydrogen (secondary N) is 2. The number of carbonyl (C=O) groups is 1. The number of halogens is 2. The van der Waals surface area contributed by atoms with Gasteiger partial charge in [-0.2, -0.15) is 10.7 Å². The second kappa shape index (κ2) is 10.5. The van der Waals surface area contributed by atoms with Crippen molar-refractivity contribution in [2.75, 3.05) is 23.9 Å². The number of benzene rings is 1. The summed E-state index contributed by atoms with van der Waals surface area (Å²) in [6.45, 7) is 5.14. The van der Waals surface area contributed by atoms with Gasteiger partial charge in [0.15, 0.2) is 11.5 Å². The fourth-order valence-electron chi connectivity index (χ4n) is 2.01. The number of aliphatic imine (C=N–C) groups is 1. The molecule has 0 fully saturated rings. The van der Waals surface area contributed by atoms with Gasteiger partial charge in [-0.1, -0.05) is 0 Å². The summed E-state index contributed by atoms with van der Waals surface area (Å²) in [5, 5.41) is 19.0. The van der Waals surface area contributed by atoms with E-state index in [2.05, 4.69) is 46.4 Å². The first-order valence-electron chi connectivity index (χ1n) is 9.08. The molecule has 0 aliphatic carbocycles. The van der Waals surface area contributed by atoms with E-state index in [0.29, 0.717) is 5.69 Å². The minimum absolute atomic E-state index is 0.0481. The summed E-state index contributed by atoms with van der Waals surface area (Å²) in [5.74, 6) is -0.939. The molecule has 32 heavy (non-hydrogen) atoms. The van der Waals surface area contributed by atoms with Crippen LogP contribution in [0.5, 0.6) is 0 Å². The Morgan fingerprint density at radius 2 is 2.12 bits per heavy atom. The van der Waals surface area contributed by atoms with E-state index in [0.717, 1.165) is 0 Å². The summed E-state index contributed by atoms with van der Waals surface area (Å²) in [6, 6.07) is 4.03. The van der Waals surface area contributed by atoms with Crippen molar-refractivity contribution in [3.63, 3.8) is 0 Å². The maximum Gasteiger partial charge on any atom is 0.337 e. The zero-order valence-electron chi connectivity index (χ0n) is 17.7. The summed E-state index contributed by atoms with van der Waals surface area (Å²) in [6.07, 6.45) is 2.88. The average Bonchev–Trinajstić information content (AvgIpc) is 3.15. The molecule has 172 valence electrons. The first-order valence-corrected chi connectivity index (χ1v) is 12.0. The summed E-state index contributed by atoms with van der Waals surface area (Å²) in [7, 11) is -2.70. The molecule has 2 aromatic rings. The van der Waals surface area contributed by atoms with Crippen LogP contribution in [-0.4, -0.2) is 44.9 Å². The van der Waals surface area contributed by atoms with Gasteiger partial charge in [0.2, 0.25) is 12.0 Å². The van der Waals surface area contributed by atoms with Crippen LogP contribution >= 0.6 is 15.9 Å². The quantitative estimate of drug-likeness (QED) is 0.248. The van der Waals surface area contributed by atoms with Crippen LogP contribution in [0.15, 0.2) is 36.7 Å². The lowest BCUT2D eigenvalue weighted by Gasteiger charge is -2.17. The largest absolute Gasteiger partial charge is 0.364 e. The molecule has 11 nitrogen and oxygen atoms in total. The predicted molar refractivity (Wildman–Crippen MR) is 119 cm³/mol. The van der Waals surface area contributed by atoms with Gasteiger partial charge in [-0.25, -0.2) is 23.0 Å². The molecule has 1 aromatic heterocycles. The van der Waals surface area contributed by atoms with Crippen LogP contribution in [0.4, 0.5) is 15.9 Å². The molecule has 1 heterocycles. The Kier molecular flexibility index (Phi) is 8.28. The van der Waals surface area contributed by atoms with Gasteiger partial charge in [-0.3, -0.25) is 0 Å². The molecule has 0 bridgehead atoms. The molecule has 14 heteroatoms. The van der Waals surface area contributed by atoms with E-state index in [1.165, 1.54) is 30.6 Å². The number of nitriles is 1. The Morgan fingerprint density at radius 1 is 1.41 bits per heavy atom. The van der Waals surface area contributed by atoms with Gasteiger partial charge < -0.3 is 10.2 Å². The van der Waals surface area contributed by atoms with Crippen LogP contribution in [-0.2, 0) is 19.4 Å². The normalized spacial score (nSPS) is 13.6. The molecule has 0 spiro atoms. The van der Waals surface area contributed by atoms with Crippen molar-refractivity contribution in [1.29, 1.82) is 5.26 Å². The molecular weight excluding hydrogens is 509 g/mol. The smallest absolute Gasteiger partial charge is 0.337 e. The third-order valence-electron chi connectivity index (χ3n) is 3.72. The van der Waals surface area contributed by atoms with Crippen LogP contribution in [0.3, 0.4) is 0 Å². The zero-order valence-corrected chi connectivity index (χ0v) is 20.1. The maximum absolute atomic E-state index is 13.6. The molecule has 1 unspecified atom stereocenters. The fourth-order valence-corrected chi connectivity index (χ4v) is 3.12. The van der Waals surface area contributed by atoms with Crippen molar-refractivity contribution in [1.82, 2.24) is 15.8 Å². The van der Waals surface area contributed by atoms with Gasteiger partial charge in [-0.05, 0) is 65.2 Å². The lowest BCUT2D eigenvalue weighted by Crippen LogP contribution is -2.34. The standard InChI is InChI=1S/C18H21BrFN7O4S/c1-18(2,3)17(28)30-26-16(24-11-5-6-13(20)12(19)9-11)14-15(27-31-25-14)22-7-8-32(4,29)23-10-21/h5-6,9H,7-8H2,1-4H3,(H,22,27)(H,24,26). The van der Waals surface area contributed by atoms with Gasteiger partial charge in [-0.15, -0.1) is 4.36 Å². The van der Waals surface area contributed by atoms with Crippen molar-refractivity contribution < 1.29 is 22.9 Å². The van der Waals surface area contributed by atoms with Crippen LogP contribution in [0.1, 0.15) is 26.5 Å². The van der Waals surface area contributed by atoms with E-state index >= 15 is 0 Å². The monoisotopic (exact) mass is 529 g/mol. The molecule has 0 radical (unpaired) electrons. The predicted octanol–water partition coefficient (Wildman–Crippen LogP) is 3.13. The SMILES string of the molecule is CC(C)(C)C(=O)ONC(=Nc1ccc(F)c(Br)c1)c1nonc1NCCS(C)(=O)=NC#N. The van der Waals surface area contributed by atoms with E-state index in [1.807, 2.05) is 0 Å². The molecule has 1 atom stereocenters. The van der Waals surface area contributed by atoms with Crippen LogP contribution in [0.2, 0.25) is 0 Å². The number of hydroxylamine groups is 1. The van der Waals surface area contributed by atoms with E-state index in [-0.39, 0.29) is 34.1 Å². The van der Waals surface area contributed by atoms with Crippen LogP contribution < -0.4 is 10.8 Å². The summed E-state index contributed by atoms with van der Waals surface area (Å²) >= 11 is 3.09. The molecule has 0 aliphatic heterocycles. The highest BCUT2D eigenvalue weighted by Gasteiger charge is 2.26. The number of carbonyl (C=O) groups excluding carboxylic acids is 1. The Hall–Kier alpha value is -3.05. The second-order valence-electron chi connectivity index (χ2n) is 7.54. The van der Waals surface area contributed by atoms with Crippen molar-refractivity contribution >= 4 is 49.0 Å².